The molecule has 44 heavy (non-hydrogen) atoms. The first-order valence-electron chi connectivity index (χ1n) is 14.3. The minimum absolute atomic E-state index is 0.106. The van der Waals surface area contributed by atoms with Crippen molar-refractivity contribution in [3.8, 4) is 0 Å². The van der Waals surface area contributed by atoms with E-state index < -0.39 is 5.91 Å². The smallest absolute Gasteiger partial charge is 0.272 e. The van der Waals surface area contributed by atoms with E-state index in [4.69, 9.17) is 0 Å². The maximum Gasteiger partial charge on any atom is 0.272 e. The largest absolute Gasteiger partial charge is 0.325 e. The van der Waals surface area contributed by atoms with Gasteiger partial charge in [-0.25, -0.2) is 0 Å². The molecule has 0 saturated carbocycles. The second kappa shape index (κ2) is 13.9. The Bertz CT molecular complexity index is 1860. The Kier molecular flexibility index (Phi) is 9.57. The first-order chi connectivity index (χ1) is 21.3. The van der Waals surface area contributed by atoms with Gasteiger partial charge in [0.25, 0.3) is 11.8 Å². The van der Waals surface area contributed by atoms with Crippen molar-refractivity contribution in [2.75, 3.05) is 10.6 Å². The van der Waals surface area contributed by atoms with E-state index in [0.29, 0.717) is 11.3 Å². The highest BCUT2D eigenvalue weighted by Gasteiger charge is 2.18. The summed E-state index contributed by atoms with van der Waals surface area (Å²) in [6.07, 6.45) is 1.69. The summed E-state index contributed by atoms with van der Waals surface area (Å²) in [5.41, 5.74) is 4.92. The molecular formula is C37H33N3O3S. The van der Waals surface area contributed by atoms with E-state index in [1.54, 1.807) is 36.4 Å². The lowest BCUT2D eigenvalue weighted by Crippen LogP contribution is -2.30. The van der Waals surface area contributed by atoms with Gasteiger partial charge in [0, 0.05) is 21.8 Å². The fourth-order valence-corrected chi connectivity index (χ4v) is 5.57. The lowest BCUT2D eigenvalue weighted by Gasteiger charge is -2.15. The van der Waals surface area contributed by atoms with Gasteiger partial charge < -0.3 is 16.0 Å². The van der Waals surface area contributed by atoms with Crippen molar-refractivity contribution >= 4 is 57.7 Å². The second-order valence-electron chi connectivity index (χ2n) is 10.5. The standard InChI is InChI=1S/C37H33N3O3S/c1-24-19-20-31(21-25(24)2)38-35(41)26(3)44-32-17-10-16-30(23-32)39-37(43)34(40-36(42)28-12-5-4-6-13-28)22-29-15-9-14-27-11-7-8-18-33(27)29/h4-23,26H,1-3H3,(H,38,41)(H,39,43)(H,40,42)/b34-22+. The predicted molar refractivity (Wildman–Crippen MR) is 181 cm³/mol. The van der Waals surface area contributed by atoms with Gasteiger partial charge in [0.2, 0.25) is 5.91 Å². The van der Waals surface area contributed by atoms with E-state index in [-0.39, 0.29) is 22.8 Å². The molecule has 5 aromatic carbocycles. The summed E-state index contributed by atoms with van der Waals surface area (Å²) in [4.78, 5) is 40.5. The van der Waals surface area contributed by atoms with Crippen LogP contribution in [0, 0.1) is 13.8 Å². The molecule has 0 aliphatic rings. The van der Waals surface area contributed by atoms with Crippen LogP contribution in [0.2, 0.25) is 0 Å². The molecule has 0 saturated heterocycles. The minimum Gasteiger partial charge on any atom is -0.325 e. The zero-order chi connectivity index (χ0) is 31.1. The Morgan fingerprint density at radius 1 is 0.705 bits per heavy atom. The number of hydrogen-bond acceptors (Lipinski definition) is 4. The van der Waals surface area contributed by atoms with Gasteiger partial charge in [-0.1, -0.05) is 72.8 Å². The van der Waals surface area contributed by atoms with Crippen molar-refractivity contribution in [3.63, 3.8) is 0 Å². The third-order valence-corrected chi connectivity index (χ3v) is 8.29. The van der Waals surface area contributed by atoms with E-state index in [9.17, 15) is 14.4 Å². The lowest BCUT2D eigenvalue weighted by molar-refractivity contribution is -0.115. The number of nitrogens with one attached hydrogen (secondary N) is 3. The molecule has 6 nitrogen and oxygen atoms in total. The summed E-state index contributed by atoms with van der Waals surface area (Å²) < 4.78 is 0. The van der Waals surface area contributed by atoms with E-state index in [0.717, 1.165) is 32.5 Å². The first kappa shape index (κ1) is 30.3. The molecule has 1 atom stereocenters. The zero-order valence-electron chi connectivity index (χ0n) is 24.8. The normalized spacial score (nSPS) is 11.9. The quantitative estimate of drug-likeness (QED) is 0.118. The third-order valence-electron chi connectivity index (χ3n) is 7.20. The molecule has 7 heteroatoms. The van der Waals surface area contributed by atoms with Crippen LogP contribution >= 0.6 is 11.8 Å². The van der Waals surface area contributed by atoms with Crippen molar-refractivity contribution < 1.29 is 14.4 Å². The zero-order valence-corrected chi connectivity index (χ0v) is 25.6. The van der Waals surface area contributed by atoms with Gasteiger partial charge in [-0.2, -0.15) is 0 Å². The van der Waals surface area contributed by atoms with Gasteiger partial charge in [-0.3, -0.25) is 14.4 Å². The number of hydrogen-bond donors (Lipinski definition) is 3. The summed E-state index contributed by atoms with van der Waals surface area (Å²) in [5.74, 6) is -0.971. The van der Waals surface area contributed by atoms with Gasteiger partial charge in [0.1, 0.15) is 5.70 Å². The minimum atomic E-state index is -0.468. The number of fused-ring (bicyclic) bond motifs is 1. The van der Waals surface area contributed by atoms with Gasteiger partial charge in [0.05, 0.1) is 5.25 Å². The number of amides is 3. The van der Waals surface area contributed by atoms with Gasteiger partial charge in [0.15, 0.2) is 0 Å². The molecule has 0 heterocycles. The van der Waals surface area contributed by atoms with Gasteiger partial charge in [-0.05, 0) is 96.8 Å². The maximum atomic E-state index is 13.7. The number of carbonyl (C=O) groups is 3. The average molecular weight is 600 g/mol. The summed E-state index contributed by atoms with van der Waals surface area (Å²) in [6, 6.07) is 35.6. The second-order valence-corrected chi connectivity index (χ2v) is 11.9. The molecule has 0 aliphatic heterocycles. The molecule has 3 N–H and O–H groups in total. The number of aryl methyl sites for hydroxylation is 2. The van der Waals surface area contributed by atoms with Crippen molar-refractivity contribution in [1.82, 2.24) is 5.32 Å². The van der Waals surface area contributed by atoms with Crippen LogP contribution in [0.5, 0.6) is 0 Å². The monoisotopic (exact) mass is 599 g/mol. The Morgan fingerprint density at radius 3 is 2.20 bits per heavy atom. The first-order valence-corrected chi connectivity index (χ1v) is 15.2. The fraction of sp³-hybridized carbons (Fsp3) is 0.108. The van der Waals surface area contributed by atoms with Crippen LogP contribution in [0.15, 0.2) is 126 Å². The van der Waals surface area contributed by atoms with Crippen molar-refractivity contribution in [3.05, 3.63) is 143 Å². The number of benzene rings is 5. The van der Waals surface area contributed by atoms with E-state index in [1.807, 2.05) is 106 Å². The summed E-state index contributed by atoms with van der Waals surface area (Å²) in [6.45, 7) is 5.89. The van der Waals surface area contributed by atoms with Crippen LogP contribution in [-0.2, 0) is 9.59 Å². The fourth-order valence-electron chi connectivity index (χ4n) is 4.64. The summed E-state index contributed by atoms with van der Waals surface area (Å²) in [7, 11) is 0. The van der Waals surface area contributed by atoms with E-state index in [1.165, 1.54) is 17.3 Å². The van der Waals surface area contributed by atoms with E-state index >= 15 is 0 Å². The van der Waals surface area contributed by atoms with Crippen molar-refractivity contribution in [1.29, 1.82) is 0 Å². The van der Waals surface area contributed by atoms with Gasteiger partial charge >= 0.3 is 0 Å². The third kappa shape index (κ3) is 7.62. The van der Waals surface area contributed by atoms with E-state index in [2.05, 4.69) is 16.0 Å². The van der Waals surface area contributed by atoms with Crippen LogP contribution in [0.3, 0.4) is 0 Å². The molecule has 1 unspecified atom stereocenters. The van der Waals surface area contributed by atoms with Crippen LogP contribution in [0.4, 0.5) is 11.4 Å². The summed E-state index contributed by atoms with van der Waals surface area (Å²) >= 11 is 1.39. The van der Waals surface area contributed by atoms with Crippen molar-refractivity contribution in [2.24, 2.45) is 0 Å². The number of thioether (sulfide) groups is 1. The molecule has 0 aromatic heterocycles. The SMILES string of the molecule is Cc1ccc(NC(=O)C(C)Sc2cccc(NC(=O)/C(=C\c3cccc4ccccc34)NC(=O)c3ccccc3)c2)cc1C. The average Bonchev–Trinajstić information content (AvgIpc) is 3.03. The molecule has 0 fully saturated rings. The van der Waals surface area contributed by atoms with Crippen LogP contribution in [0.1, 0.15) is 34.0 Å². The Morgan fingerprint density at radius 2 is 1.41 bits per heavy atom. The highest BCUT2D eigenvalue weighted by atomic mass is 32.2. The van der Waals surface area contributed by atoms with Crippen molar-refractivity contribution in [2.45, 2.75) is 30.9 Å². The highest BCUT2D eigenvalue weighted by Crippen LogP contribution is 2.27. The Labute approximate surface area is 261 Å². The predicted octanol–water partition coefficient (Wildman–Crippen LogP) is 7.99. The molecule has 3 amide bonds. The molecule has 5 aromatic rings. The molecule has 0 spiro atoms. The number of anilines is 2. The van der Waals surface area contributed by atoms with Gasteiger partial charge in [-0.15, -0.1) is 11.8 Å². The molecule has 220 valence electrons. The molecule has 0 radical (unpaired) electrons. The van der Waals surface area contributed by atoms with Crippen LogP contribution < -0.4 is 16.0 Å². The Balaban J connectivity index is 1.34. The topological polar surface area (TPSA) is 87.3 Å². The molecular weight excluding hydrogens is 566 g/mol. The van der Waals surface area contributed by atoms with Crippen LogP contribution in [-0.4, -0.2) is 23.0 Å². The summed E-state index contributed by atoms with van der Waals surface area (Å²) in [5, 5.41) is 10.3. The Hall–Kier alpha value is -5.14. The molecule has 0 aliphatic carbocycles. The highest BCUT2D eigenvalue weighted by molar-refractivity contribution is 8.00. The molecule has 0 bridgehead atoms. The number of rotatable bonds is 9. The molecule has 5 rings (SSSR count). The maximum absolute atomic E-state index is 13.7. The number of carbonyl (C=O) groups excluding carboxylic acids is 3. The lowest BCUT2D eigenvalue weighted by atomic mass is 10.0. The van der Waals surface area contributed by atoms with Crippen LogP contribution in [0.25, 0.3) is 16.8 Å².